The Labute approximate surface area is 325 Å². The van der Waals surface area contributed by atoms with Crippen LogP contribution in [0.3, 0.4) is 0 Å². The van der Waals surface area contributed by atoms with E-state index in [0.717, 1.165) is 57.4 Å². The number of piperidine rings is 1. The lowest BCUT2D eigenvalue weighted by Crippen LogP contribution is -2.44. The van der Waals surface area contributed by atoms with E-state index in [2.05, 4.69) is 25.5 Å². The number of likely N-dealkylation sites (tertiary alicyclic amines) is 3. The molecule has 1 atom stereocenters. The molecule has 54 heavy (non-hydrogen) atoms. The van der Waals surface area contributed by atoms with Crippen molar-refractivity contribution in [1.82, 2.24) is 35.0 Å². The van der Waals surface area contributed by atoms with Crippen molar-refractivity contribution in [2.24, 2.45) is 5.41 Å². The first-order chi connectivity index (χ1) is 26.0. The number of rotatable bonds is 10. The number of hydrogen-bond donors (Lipinski definition) is 2. The van der Waals surface area contributed by atoms with Gasteiger partial charge in [-0.15, -0.1) is 0 Å². The molecule has 3 fully saturated rings. The molecule has 284 valence electrons. The fourth-order valence-corrected chi connectivity index (χ4v) is 8.56. The second-order valence-electron chi connectivity index (χ2n) is 14.6. The molecule has 0 bridgehead atoms. The molecule has 3 aliphatic heterocycles. The van der Waals surface area contributed by atoms with Crippen LogP contribution in [0.5, 0.6) is 5.88 Å². The summed E-state index contributed by atoms with van der Waals surface area (Å²) in [6.07, 6.45) is 6.96. The summed E-state index contributed by atoms with van der Waals surface area (Å²) in [5.74, 6) is 0.326. The number of methoxy groups -OCH3 is 1. The first-order valence-electron chi connectivity index (χ1n) is 18.4. The number of aromatic nitrogens is 3. The van der Waals surface area contributed by atoms with Crippen LogP contribution in [0.1, 0.15) is 50.7 Å². The predicted molar refractivity (Wildman–Crippen MR) is 208 cm³/mol. The van der Waals surface area contributed by atoms with Crippen LogP contribution in [0.25, 0.3) is 22.5 Å². The second-order valence-corrected chi connectivity index (χ2v) is 15.4. The maximum Gasteiger partial charge on any atom is 0.219 e. The topological polar surface area (TPSA) is 116 Å². The molecule has 3 aliphatic rings. The van der Waals surface area contributed by atoms with Gasteiger partial charge in [0.05, 0.1) is 34.2 Å². The number of benzene rings is 1. The zero-order valence-electron chi connectivity index (χ0n) is 30.8. The summed E-state index contributed by atoms with van der Waals surface area (Å²) >= 11 is 14.0. The minimum atomic E-state index is -0.475. The number of nitrogens with zero attached hydrogens (tertiary/aromatic N) is 6. The monoisotopic (exact) mass is 774 g/mol. The van der Waals surface area contributed by atoms with Gasteiger partial charge in [0, 0.05) is 106 Å². The summed E-state index contributed by atoms with van der Waals surface area (Å²) in [4.78, 5) is 43.5. The zero-order chi connectivity index (χ0) is 38.0. The number of nitrogens with one attached hydrogen (secondary N) is 2. The molecule has 0 unspecified atom stereocenters. The highest BCUT2D eigenvalue weighted by atomic mass is 35.5. The molecular weight excluding hydrogens is 730 g/mol. The number of hydrogen-bond acceptors (Lipinski definition) is 9. The number of amides is 2. The predicted octanol–water partition coefficient (Wildman–Crippen LogP) is 6.95. The first kappa shape index (κ1) is 37.9. The minimum Gasteiger partial charge on any atom is -0.481 e. The van der Waals surface area contributed by atoms with Gasteiger partial charge in [-0.2, -0.15) is 0 Å². The van der Waals surface area contributed by atoms with Crippen LogP contribution < -0.4 is 15.4 Å². The van der Waals surface area contributed by atoms with Gasteiger partial charge in [-0.3, -0.25) is 19.5 Å². The molecule has 1 spiro atoms. The summed E-state index contributed by atoms with van der Waals surface area (Å²) in [6, 6.07) is 13.0. The molecule has 14 heteroatoms. The summed E-state index contributed by atoms with van der Waals surface area (Å²) < 4.78 is 21.5. The van der Waals surface area contributed by atoms with E-state index >= 15 is 4.39 Å². The Morgan fingerprint density at radius 1 is 0.889 bits per heavy atom. The summed E-state index contributed by atoms with van der Waals surface area (Å²) in [7, 11) is 1.62. The Balaban J connectivity index is 1.05. The number of anilines is 2. The summed E-state index contributed by atoms with van der Waals surface area (Å²) in [5.41, 5.74) is 4.35. The van der Waals surface area contributed by atoms with Gasteiger partial charge in [-0.25, -0.2) is 14.4 Å². The molecule has 6 heterocycles. The molecule has 11 nitrogen and oxygen atoms in total. The quantitative estimate of drug-likeness (QED) is 0.177. The van der Waals surface area contributed by atoms with Gasteiger partial charge in [0.15, 0.2) is 11.6 Å². The van der Waals surface area contributed by atoms with Crippen molar-refractivity contribution in [2.75, 3.05) is 51.7 Å². The lowest BCUT2D eigenvalue weighted by Gasteiger charge is -2.31. The van der Waals surface area contributed by atoms with E-state index < -0.39 is 5.82 Å². The van der Waals surface area contributed by atoms with Gasteiger partial charge >= 0.3 is 0 Å². The highest BCUT2D eigenvalue weighted by Crippen LogP contribution is 2.42. The second kappa shape index (κ2) is 16.2. The van der Waals surface area contributed by atoms with Crippen molar-refractivity contribution in [3.8, 4) is 28.4 Å². The number of carbonyl (C=O) groups excluding carboxylic acids is 2. The standard InChI is InChI=1S/C40H45Cl2FN8O3/c1-25(52)50-17-11-29(12-18-50)46-21-27-9-15-45-38(36(27)43)47-33-6-4-5-31(34(33)41)37-35(42)30(10-16-44-37)32-8-7-28(39(48-32)54-3)22-49-19-13-40(23-49)14-20-51(24-40)26(2)53/h4-10,15-16,29,46H,11-14,17-24H2,1-3H3,(H,45,47)/t40-/m1/s1. The number of halogens is 3. The van der Waals surface area contributed by atoms with Crippen molar-refractivity contribution < 1.29 is 18.7 Å². The van der Waals surface area contributed by atoms with Crippen molar-refractivity contribution >= 4 is 46.5 Å². The highest BCUT2D eigenvalue weighted by molar-refractivity contribution is 6.39. The van der Waals surface area contributed by atoms with Crippen molar-refractivity contribution in [3.63, 3.8) is 0 Å². The molecule has 7 rings (SSSR count). The fraction of sp³-hybridized carbons (Fsp3) is 0.425. The van der Waals surface area contributed by atoms with E-state index in [9.17, 15) is 9.59 Å². The Morgan fingerprint density at radius 2 is 1.65 bits per heavy atom. The molecule has 2 amide bonds. The molecular formula is C40H45Cl2FN8O3. The number of pyridine rings is 3. The van der Waals surface area contributed by atoms with Gasteiger partial charge in [0.1, 0.15) is 0 Å². The van der Waals surface area contributed by atoms with E-state index in [1.807, 2.05) is 28.0 Å². The van der Waals surface area contributed by atoms with Crippen LogP contribution in [0, 0.1) is 11.2 Å². The van der Waals surface area contributed by atoms with Gasteiger partial charge in [-0.05, 0) is 56.5 Å². The van der Waals surface area contributed by atoms with Crippen molar-refractivity contribution in [1.29, 1.82) is 0 Å². The first-order valence-corrected chi connectivity index (χ1v) is 19.1. The highest BCUT2D eigenvalue weighted by Gasteiger charge is 2.44. The van der Waals surface area contributed by atoms with E-state index in [-0.39, 0.29) is 29.1 Å². The maximum atomic E-state index is 15.7. The molecule has 3 saturated heterocycles. The molecule has 1 aromatic carbocycles. The van der Waals surface area contributed by atoms with E-state index in [4.69, 9.17) is 32.9 Å². The molecule has 4 aromatic rings. The van der Waals surface area contributed by atoms with Gasteiger partial charge in [0.25, 0.3) is 0 Å². The Bertz CT molecular complexity index is 2040. The molecule has 0 radical (unpaired) electrons. The molecule has 0 aliphatic carbocycles. The Morgan fingerprint density at radius 3 is 2.39 bits per heavy atom. The third-order valence-corrected chi connectivity index (χ3v) is 11.9. The maximum absolute atomic E-state index is 15.7. The van der Waals surface area contributed by atoms with Crippen LogP contribution in [0.2, 0.25) is 10.0 Å². The Kier molecular flexibility index (Phi) is 11.4. The van der Waals surface area contributed by atoms with Crippen LogP contribution in [-0.2, 0) is 22.7 Å². The lowest BCUT2D eigenvalue weighted by molar-refractivity contribution is -0.130. The fourth-order valence-electron chi connectivity index (χ4n) is 7.99. The number of carbonyl (C=O) groups is 2. The average Bonchev–Trinajstić information content (AvgIpc) is 3.78. The zero-order valence-corrected chi connectivity index (χ0v) is 32.3. The molecule has 3 aromatic heterocycles. The smallest absolute Gasteiger partial charge is 0.219 e. The third kappa shape index (κ3) is 8.02. The summed E-state index contributed by atoms with van der Waals surface area (Å²) in [5, 5.41) is 7.18. The van der Waals surface area contributed by atoms with Crippen molar-refractivity contribution in [2.45, 2.75) is 58.7 Å². The summed E-state index contributed by atoms with van der Waals surface area (Å²) in [6.45, 7) is 9.18. The van der Waals surface area contributed by atoms with E-state index in [1.165, 1.54) is 0 Å². The third-order valence-electron chi connectivity index (χ3n) is 11.1. The number of ether oxygens (including phenoxy) is 1. The molecule has 2 N–H and O–H groups in total. The Hall–Kier alpha value is -4.36. The van der Waals surface area contributed by atoms with E-state index in [0.29, 0.717) is 75.9 Å². The average molecular weight is 776 g/mol. The minimum absolute atomic E-state index is 0.0503. The van der Waals surface area contributed by atoms with Gasteiger partial charge < -0.3 is 25.2 Å². The van der Waals surface area contributed by atoms with Gasteiger partial charge in [0.2, 0.25) is 17.7 Å². The van der Waals surface area contributed by atoms with Crippen LogP contribution in [0.4, 0.5) is 15.9 Å². The largest absolute Gasteiger partial charge is 0.481 e. The lowest BCUT2D eigenvalue weighted by atomic mass is 9.86. The van der Waals surface area contributed by atoms with Gasteiger partial charge in [-0.1, -0.05) is 41.4 Å². The van der Waals surface area contributed by atoms with Crippen LogP contribution in [0.15, 0.2) is 54.9 Å². The van der Waals surface area contributed by atoms with E-state index in [1.54, 1.807) is 57.6 Å². The van der Waals surface area contributed by atoms with Crippen molar-refractivity contribution in [3.05, 3.63) is 81.8 Å². The SMILES string of the molecule is COc1nc(-c2ccnc(-c3cccc(Nc4nccc(CNC5CCN(C(C)=O)CC5)c4F)c3Cl)c2Cl)ccc1CN1CC[C@@]2(CCN(C(C)=O)C2)C1. The normalized spacial score (nSPS) is 19.1. The van der Waals surface area contributed by atoms with Crippen LogP contribution in [-0.4, -0.2) is 93.9 Å². The molecule has 0 saturated carbocycles. The van der Waals surface area contributed by atoms with Crippen LogP contribution >= 0.6 is 23.2 Å².